The summed E-state index contributed by atoms with van der Waals surface area (Å²) in [6.45, 7) is 2.17. The third-order valence-corrected chi connectivity index (χ3v) is 4.53. The fourth-order valence-corrected chi connectivity index (χ4v) is 3.47. The summed E-state index contributed by atoms with van der Waals surface area (Å²) in [6.07, 6.45) is 0. The van der Waals surface area contributed by atoms with E-state index in [1.807, 2.05) is 11.8 Å². The largest absolute Gasteiger partial charge is 0.271 e. The van der Waals surface area contributed by atoms with E-state index in [0.717, 1.165) is 11.5 Å². The Hall–Kier alpha value is -0.550. The van der Waals surface area contributed by atoms with Crippen molar-refractivity contribution in [2.75, 3.05) is 11.5 Å². The number of fused-ring (bicyclic) bond motifs is 1. The first-order valence-corrected chi connectivity index (χ1v) is 7.40. The van der Waals surface area contributed by atoms with Gasteiger partial charge in [-0.05, 0) is 28.1 Å². The van der Waals surface area contributed by atoms with Crippen LogP contribution >= 0.6 is 23.1 Å². The van der Waals surface area contributed by atoms with Crippen molar-refractivity contribution in [1.82, 2.24) is 5.43 Å². The second-order valence-electron chi connectivity index (χ2n) is 3.56. The maximum Gasteiger partial charge on any atom is 0.0564 e. The van der Waals surface area contributed by atoms with E-state index in [1.54, 1.807) is 11.3 Å². The van der Waals surface area contributed by atoms with Crippen LogP contribution in [0.2, 0.25) is 0 Å². The van der Waals surface area contributed by atoms with Crippen LogP contribution in [0, 0.1) is 0 Å². The van der Waals surface area contributed by atoms with Crippen molar-refractivity contribution < 1.29 is 0 Å². The van der Waals surface area contributed by atoms with Crippen molar-refractivity contribution in [2.45, 2.75) is 13.0 Å². The third kappa shape index (κ3) is 2.40. The van der Waals surface area contributed by atoms with E-state index in [0.29, 0.717) is 0 Å². The lowest BCUT2D eigenvalue weighted by atomic mass is 10.1. The molecule has 1 unspecified atom stereocenters. The van der Waals surface area contributed by atoms with Crippen LogP contribution in [0.25, 0.3) is 10.1 Å². The molecule has 1 aromatic carbocycles. The number of hydrazine groups is 1. The first kappa shape index (κ1) is 11.9. The van der Waals surface area contributed by atoms with Crippen LogP contribution in [0.15, 0.2) is 29.6 Å². The summed E-state index contributed by atoms with van der Waals surface area (Å²) in [6, 6.07) is 8.82. The molecule has 0 aliphatic carbocycles. The third-order valence-electron chi connectivity index (χ3n) is 2.57. The molecule has 16 heavy (non-hydrogen) atoms. The van der Waals surface area contributed by atoms with Crippen LogP contribution in [-0.4, -0.2) is 11.5 Å². The normalized spacial score (nSPS) is 13.1. The summed E-state index contributed by atoms with van der Waals surface area (Å²) < 4.78 is 1.35. The minimum Gasteiger partial charge on any atom is -0.271 e. The van der Waals surface area contributed by atoms with Crippen LogP contribution in [0.3, 0.4) is 0 Å². The predicted octanol–water partition coefficient (Wildman–Crippen LogP) is 3.16. The summed E-state index contributed by atoms with van der Waals surface area (Å²) in [5.74, 6) is 7.79. The van der Waals surface area contributed by atoms with Crippen LogP contribution < -0.4 is 11.3 Å². The van der Waals surface area contributed by atoms with Crippen molar-refractivity contribution in [1.29, 1.82) is 0 Å². The van der Waals surface area contributed by atoms with E-state index >= 15 is 0 Å². The highest BCUT2D eigenvalue weighted by Gasteiger charge is 2.12. The Morgan fingerprint density at radius 3 is 3.06 bits per heavy atom. The van der Waals surface area contributed by atoms with Gasteiger partial charge in [0, 0.05) is 10.5 Å². The molecule has 0 saturated carbocycles. The highest BCUT2D eigenvalue weighted by Crippen LogP contribution is 2.30. The number of hydrogen-bond acceptors (Lipinski definition) is 4. The molecule has 4 heteroatoms. The number of nitrogens with two attached hydrogens (primary N) is 1. The molecule has 0 fully saturated rings. The summed E-state index contributed by atoms with van der Waals surface area (Å²) >= 11 is 3.70. The van der Waals surface area contributed by atoms with Gasteiger partial charge in [-0.2, -0.15) is 11.8 Å². The average Bonchev–Trinajstić information content (AvgIpc) is 2.78. The molecule has 1 aromatic heterocycles. The molecule has 0 amide bonds. The molecule has 2 nitrogen and oxygen atoms in total. The van der Waals surface area contributed by atoms with Gasteiger partial charge >= 0.3 is 0 Å². The standard InChI is InChI=1S/C12H16N2S2/c1-2-15-8-11(14-13)10-5-3-4-9-6-7-16-12(9)10/h3-7,11,14H,2,8,13H2,1H3. The Labute approximate surface area is 104 Å². The first-order chi connectivity index (χ1) is 7.86. The molecule has 1 atom stereocenters. The first-order valence-electron chi connectivity index (χ1n) is 5.36. The second-order valence-corrected chi connectivity index (χ2v) is 5.80. The van der Waals surface area contributed by atoms with Gasteiger partial charge < -0.3 is 0 Å². The van der Waals surface area contributed by atoms with E-state index in [2.05, 4.69) is 42.0 Å². The molecule has 0 bridgehead atoms. The fraction of sp³-hybridized carbons (Fsp3) is 0.333. The molecule has 0 radical (unpaired) electrons. The molecule has 3 N–H and O–H groups in total. The minimum atomic E-state index is 0.243. The SMILES string of the molecule is CCSCC(NN)c1cccc2ccsc12. The van der Waals surface area contributed by atoms with Gasteiger partial charge in [0.1, 0.15) is 0 Å². The lowest BCUT2D eigenvalue weighted by molar-refractivity contribution is 0.615. The minimum absolute atomic E-state index is 0.243. The zero-order valence-corrected chi connectivity index (χ0v) is 10.9. The fourth-order valence-electron chi connectivity index (χ4n) is 1.75. The lowest BCUT2D eigenvalue weighted by Crippen LogP contribution is -2.29. The van der Waals surface area contributed by atoms with Gasteiger partial charge in [-0.3, -0.25) is 11.3 Å². The van der Waals surface area contributed by atoms with Gasteiger partial charge in [0.2, 0.25) is 0 Å². The van der Waals surface area contributed by atoms with Crippen LogP contribution in [0.5, 0.6) is 0 Å². The summed E-state index contributed by atoms with van der Waals surface area (Å²) in [5.41, 5.74) is 4.24. The molecular weight excluding hydrogens is 236 g/mol. The Morgan fingerprint density at radius 1 is 1.44 bits per heavy atom. The van der Waals surface area contributed by atoms with Crippen LogP contribution in [0.4, 0.5) is 0 Å². The van der Waals surface area contributed by atoms with Crippen molar-refractivity contribution in [3.05, 3.63) is 35.2 Å². The molecule has 2 rings (SSSR count). The smallest absolute Gasteiger partial charge is 0.0564 e. The Kier molecular flexibility index (Phi) is 4.23. The van der Waals surface area contributed by atoms with Crippen molar-refractivity contribution in [3.63, 3.8) is 0 Å². The van der Waals surface area contributed by atoms with E-state index in [1.165, 1.54) is 15.6 Å². The zero-order valence-electron chi connectivity index (χ0n) is 9.27. The molecule has 0 saturated heterocycles. The maximum atomic E-state index is 5.65. The summed E-state index contributed by atoms with van der Waals surface area (Å²) in [5, 5.41) is 3.44. The number of nitrogens with one attached hydrogen (secondary N) is 1. The molecule has 0 aliphatic heterocycles. The van der Waals surface area contributed by atoms with Crippen LogP contribution in [0.1, 0.15) is 18.5 Å². The second kappa shape index (κ2) is 5.68. The molecule has 86 valence electrons. The summed E-state index contributed by atoms with van der Waals surface area (Å²) in [4.78, 5) is 0. The molecule has 1 heterocycles. The Bertz CT molecular complexity index is 453. The van der Waals surface area contributed by atoms with Crippen molar-refractivity contribution in [2.24, 2.45) is 5.84 Å². The number of thiophene rings is 1. The van der Waals surface area contributed by atoms with Crippen molar-refractivity contribution >= 4 is 33.2 Å². The van der Waals surface area contributed by atoms with Gasteiger partial charge in [0.05, 0.1) is 6.04 Å². The van der Waals surface area contributed by atoms with E-state index < -0.39 is 0 Å². The zero-order chi connectivity index (χ0) is 11.4. The summed E-state index contributed by atoms with van der Waals surface area (Å²) in [7, 11) is 0. The van der Waals surface area contributed by atoms with Gasteiger partial charge in [-0.1, -0.05) is 25.1 Å². The van der Waals surface area contributed by atoms with E-state index in [-0.39, 0.29) is 6.04 Å². The van der Waals surface area contributed by atoms with E-state index in [9.17, 15) is 0 Å². The molecule has 2 aromatic rings. The van der Waals surface area contributed by atoms with Gasteiger partial charge in [-0.15, -0.1) is 11.3 Å². The lowest BCUT2D eigenvalue weighted by Gasteiger charge is -2.16. The number of hydrogen-bond donors (Lipinski definition) is 2. The molecular formula is C12H16N2S2. The van der Waals surface area contributed by atoms with E-state index in [4.69, 9.17) is 5.84 Å². The van der Waals surface area contributed by atoms with Gasteiger partial charge in [-0.25, -0.2) is 0 Å². The maximum absolute atomic E-state index is 5.65. The van der Waals surface area contributed by atoms with Gasteiger partial charge in [0.25, 0.3) is 0 Å². The highest BCUT2D eigenvalue weighted by molar-refractivity contribution is 7.99. The average molecular weight is 252 g/mol. The quantitative estimate of drug-likeness (QED) is 0.634. The topological polar surface area (TPSA) is 38.0 Å². The van der Waals surface area contributed by atoms with Crippen molar-refractivity contribution in [3.8, 4) is 0 Å². The predicted molar refractivity (Wildman–Crippen MR) is 74.9 cm³/mol. The number of benzene rings is 1. The molecule has 0 spiro atoms. The highest BCUT2D eigenvalue weighted by atomic mass is 32.2. The Morgan fingerprint density at radius 2 is 2.31 bits per heavy atom. The molecule has 0 aliphatic rings. The Balaban J connectivity index is 2.32. The van der Waals surface area contributed by atoms with Crippen LogP contribution in [-0.2, 0) is 0 Å². The number of thioether (sulfide) groups is 1. The monoisotopic (exact) mass is 252 g/mol. The number of rotatable bonds is 5. The van der Waals surface area contributed by atoms with Gasteiger partial charge in [0.15, 0.2) is 0 Å².